The molecule has 18 heavy (non-hydrogen) atoms. The molecule has 100 valence electrons. The molecule has 0 saturated heterocycles. The first kappa shape index (κ1) is 13.7. The lowest BCUT2D eigenvalue weighted by Gasteiger charge is -2.20. The SMILES string of the molecule is NC(=O)N(N)c1cnn(CCO)c1N(N)C(N)=O. The molecule has 0 aliphatic rings. The number of aliphatic hydroxyl groups excluding tert-OH is 1. The second-order valence-electron chi connectivity index (χ2n) is 3.22. The molecule has 0 bridgehead atoms. The van der Waals surface area contributed by atoms with E-state index in [4.69, 9.17) is 28.3 Å². The van der Waals surface area contributed by atoms with Crippen LogP contribution in [-0.2, 0) is 6.54 Å². The van der Waals surface area contributed by atoms with Gasteiger partial charge in [-0.2, -0.15) is 5.10 Å². The summed E-state index contributed by atoms with van der Waals surface area (Å²) in [6.07, 6.45) is 1.17. The number of hydrazine groups is 2. The number of hydrogen-bond donors (Lipinski definition) is 5. The molecular weight excluding hydrogens is 244 g/mol. The maximum atomic E-state index is 11.0. The van der Waals surface area contributed by atoms with Gasteiger partial charge in [-0.3, -0.25) is 0 Å². The molecule has 11 nitrogen and oxygen atoms in total. The molecule has 1 aromatic rings. The minimum absolute atomic E-state index is 0.0164. The number of aliphatic hydroxyl groups is 1. The van der Waals surface area contributed by atoms with E-state index in [-0.39, 0.29) is 24.7 Å². The Balaban J connectivity index is 3.26. The fraction of sp³-hybridized carbons (Fsp3) is 0.286. The lowest BCUT2D eigenvalue weighted by atomic mass is 10.4. The summed E-state index contributed by atoms with van der Waals surface area (Å²) in [7, 11) is 0. The van der Waals surface area contributed by atoms with E-state index >= 15 is 0 Å². The lowest BCUT2D eigenvalue weighted by molar-refractivity contribution is 0.251. The normalized spacial score (nSPS) is 10.2. The van der Waals surface area contributed by atoms with Crippen LogP contribution in [0.25, 0.3) is 0 Å². The summed E-state index contributed by atoms with van der Waals surface area (Å²) in [4.78, 5) is 22.0. The van der Waals surface area contributed by atoms with Gasteiger partial charge in [0, 0.05) is 0 Å². The summed E-state index contributed by atoms with van der Waals surface area (Å²) in [5, 5.41) is 13.8. The number of anilines is 2. The monoisotopic (exact) mass is 258 g/mol. The highest BCUT2D eigenvalue weighted by Crippen LogP contribution is 2.25. The van der Waals surface area contributed by atoms with E-state index < -0.39 is 12.1 Å². The van der Waals surface area contributed by atoms with Crippen LogP contribution in [0, 0.1) is 0 Å². The molecule has 1 rings (SSSR count). The molecule has 9 N–H and O–H groups in total. The van der Waals surface area contributed by atoms with Gasteiger partial charge in [0.15, 0.2) is 5.82 Å². The number of urea groups is 2. The molecular formula is C7H14N8O3. The van der Waals surface area contributed by atoms with Crippen LogP contribution in [0.1, 0.15) is 0 Å². The predicted molar refractivity (Wildman–Crippen MR) is 61.8 cm³/mol. The number of amides is 4. The van der Waals surface area contributed by atoms with Gasteiger partial charge in [0.25, 0.3) is 0 Å². The number of carbonyl (C=O) groups excluding carboxylic acids is 2. The van der Waals surface area contributed by atoms with Crippen LogP contribution in [-0.4, -0.2) is 33.6 Å². The van der Waals surface area contributed by atoms with Crippen LogP contribution in [0.5, 0.6) is 0 Å². The average molecular weight is 258 g/mol. The topological polar surface area (TPSA) is 183 Å². The van der Waals surface area contributed by atoms with Crippen molar-refractivity contribution in [3.63, 3.8) is 0 Å². The lowest BCUT2D eigenvalue weighted by Crippen LogP contribution is -2.46. The van der Waals surface area contributed by atoms with Gasteiger partial charge in [-0.15, -0.1) is 0 Å². The van der Waals surface area contributed by atoms with Crippen molar-refractivity contribution in [2.45, 2.75) is 6.54 Å². The number of hydrogen-bond acceptors (Lipinski definition) is 6. The molecule has 0 unspecified atom stereocenters. The Morgan fingerprint density at radius 2 is 1.83 bits per heavy atom. The number of rotatable bonds is 4. The number of carbonyl (C=O) groups is 2. The van der Waals surface area contributed by atoms with Crippen LogP contribution >= 0.6 is 0 Å². The van der Waals surface area contributed by atoms with Crippen molar-refractivity contribution in [2.75, 3.05) is 16.6 Å². The Hall–Kier alpha value is -2.37. The highest BCUT2D eigenvalue weighted by atomic mass is 16.3. The molecule has 0 aliphatic carbocycles. The van der Waals surface area contributed by atoms with Crippen molar-refractivity contribution < 1.29 is 14.7 Å². The molecule has 0 atom stereocenters. The molecule has 0 aromatic carbocycles. The van der Waals surface area contributed by atoms with E-state index in [1.807, 2.05) is 0 Å². The smallest absolute Gasteiger partial charge is 0.335 e. The van der Waals surface area contributed by atoms with E-state index in [1.165, 1.54) is 6.20 Å². The van der Waals surface area contributed by atoms with Gasteiger partial charge in [0.1, 0.15) is 5.69 Å². The number of nitrogens with two attached hydrogens (primary N) is 4. The highest BCUT2D eigenvalue weighted by molar-refractivity contribution is 5.97. The molecule has 4 amide bonds. The Bertz CT molecular complexity index is 458. The Kier molecular flexibility index (Phi) is 4.04. The van der Waals surface area contributed by atoms with Crippen molar-refractivity contribution in [3.05, 3.63) is 6.20 Å². The van der Waals surface area contributed by atoms with Crippen molar-refractivity contribution in [3.8, 4) is 0 Å². The Morgan fingerprint density at radius 3 is 2.28 bits per heavy atom. The maximum Gasteiger partial charge on any atom is 0.335 e. The van der Waals surface area contributed by atoms with E-state index in [9.17, 15) is 9.59 Å². The zero-order chi connectivity index (χ0) is 13.9. The van der Waals surface area contributed by atoms with Crippen LogP contribution < -0.4 is 33.2 Å². The van der Waals surface area contributed by atoms with Crippen LogP contribution in [0.15, 0.2) is 6.20 Å². The predicted octanol–water partition coefficient (Wildman–Crippen LogP) is -2.61. The molecule has 1 heterocycles. The standard InChI is InChI=1S/C7H14N8O3/c8-6(17)14(10)4-3-12-13(1-2-16)5(4)15(11)7(9)18/h3,16H,1-2,10-11H2,(H2,8,17)(H2,9,18). The number of primary amides is 2. The average Bonchev–Trinajstić information content (AvgIpc) is 2.70. The van der Waals surface area contributed by atoms with Crippen LogP contribution in [0.3, 0.4) is 0 Å². The van der Waals surface area contributed by atoms with Gasteiger partial charge in [-0.25, -0.2) is 36.0 Å². The fourth-order valence-electron chi connectivity index (χ4n) is 1.27. The van der Waals surface area contributed by atoms with E-state index in [0.717, 1.165) is 4.68 Å². The zero-order valence-electron chi connectivity index (χ0n) is 9.35. The van der Waals surface area contributed by atoms with Gasteiger partial charge in [-0.1, -0.05) is 0 Å². The summed E-state index contributed by atoms with van der Waals surface area (Å²) >= 11 is 0. The van der Waals surface area contributed by atoms with E-state index in [0.29, 0.717) is 10.0 Å². The summed E-state index contributed by atoms with van der Waals surface area (Å²) in [6, 6.07) is -1.97. The molecule has 0 aliphatic heterocycles. The molecule has 11 heteroatoms. The highest BCUT2D eigenvalue weighted by Gasteiger charge is 2.24. The van der Waals surface area contributed by atoms with Crippen molar-refractivity contribution in [1.29, 1.82) is 0 Å². The van der Waals surface area contributed by atoms with E-state index in [2.05, 4.69) is 5.10 Å². The number of aromatic nitrogens is 2. The van der Waals surface area contributed by atoms with Crippen molar-refractivity contribution in [2.24, 2.45) is 23.2 Å². The van der Waals surface area contributed by atoms with Crippen LogP contribution in [0.2, 0.25) is 0 Å². The summed E-state index contributed by atoms with van der Waals surface area (Å²) < 4.78 is 1.16. The minimum Gasteiger partial charge on any atom is -0.394 e. The second-order valence-corrected chi connectivity index (χ2v) is 3.22. The first-order valence-corrected chi connectivity index (χ1v) is 4.75. The maximum absolute atomic E-state index is 11.0. The molecule has 0 fully saturated rings. The quantitative estimate of drug-likeness (QED) is 0.224. The van der Waals surface area contributed by atoms with Crippen molar-refractivity contribution in [1.82, 2.24) is 9.78 Å². The molecule has 0 radical (unpaired) electrons. The van der Waals surface area contributed by atoms with Gasteiger partial charge < -0.3 is 16.6 Å². The summed E-state index contributed by atoms with van der Waals surface area (Å²) in [5.74, 6) is 10.8. The van der Waals surface area contributed by atoms with Crippen molar-refractivity contribution >= 4 is 23.6 Å². The second kappa shape index (κ2) is 5.31. The fourth-order valence-corrected chi connectivity index (χ4v) is 1.27. The molecule has 0 spiro atoms. The third kappa shape index (κ3) is 2.48. The minimum atomic E-state index is -0.992. The Morgan fingerprint density at radius 1 is 1.28 bits per heavy atom. The molecule has 1 aromatic heterocycles. The Labute approximate surface area is 101 Å². The van der Waals surface area contributed by atoms with Gasteiger partial charge in [0.2, 0.25) is 0 Å². The third-order valence-corrected chi connectivity index (χ3v) is 2.07. The third-order valence-electron chi connectivity index (χ3n) is 2.07. The zero-order valence-corrected chi connectivity index (χ0v) is 9.35. The molecule has 0 saturated carbocycles. The summed E-state index contributed by atoms with van der Waals surface area (Å²) in [6.45, 7) is -0.231. The van der Waals surface area contributed by atoms with Gasteiger partial charge in [-0.05, 0) is 0 Å². The largest absolute Gasteiger partial charge is 0.394 e. The summed E-state index contributed by atoms with van der Waals surface area (Å²) in [5.41, 5.74) is 10.0. The van der Waals surface area contributed by atoms with Crippen LogP contribution in [0.4, 0.5) is 21.1 Å². The van der Waals surface area contributed by atoms with Gasteiger partial charge in [0.05, 0.1) is 19.3 Å². The number of nitrogens with zero attached hydrogens (tertiary/aromatic N) is 4. The van der Waals surface area contributed by atoms with Gasteiger partial charge >= 0.3 is 12.1 Å². The first-order chi connectivity index (χ1) is 8.40. The first-order valence-electron chi connectivity index (χ1n) is 4.75. The van der Waals surface area contributed by atoms with E-state index in [1.54, 1.807) is 0 Å².